The first-order valence-electron chi connectivity index (χ1n) is 9.15. The van der Waals surface area contributed by atoms with Gasteiger partial charge in [-0.2, -0.15) is 5.10 Å². The van der Waals surface area contributed by atoms with Crippen molar-refractivity contribution in [1.82, 2.24) is 9.78 Å². The fourth-order valence-electron chi connectivity index (χ4n) is 3.33. The number of benzene rings is 3. The number of phenolic OH excluding ortho intramolecular Hbond substituents is 1. The molecule has 1 aromatic heterocycles. The highest BCUT2D eigenvalue weighted by molar-refractivity contribution is 7.89. The van der Waals surface area contributed by atoms with Crippen LogP contribution in [0.25, 0.3) is 28.1 Å². The predicted octanol–water partition coefficient (Wildman–Crippen LogP) is 4.50. The number of alkyl halides is 2. The van der Waals surface area contributed by atoms with Gasteiger partial charge in [0, 0.05) is 11.1 Å². The van der Waals surface area contributed by atoms with Crippen LogP contribution in [0, 0.1) is 0 Å². The van der Waals surface area contributed by atoms with Crippen LogP contribution in [-0.4, -0.2) is 23.3 Å². The molecule has 31 heavy (non-hydrogen) atoms. The lowest BCUT2D eigenvalue weighted by Gasteiger charge is -2.11. The van der Waals surface area contributed by atoms with Crippen LogP contribution in [0.15, 0.2) is 83.8 Å². The van der Waals surface area contributed by atoms with E-state index in [1.165, 1.54) is 41.1 Å². The normalized spacial score (nSPS) is 11.7. The van der Waals surface area contributed by atoms with Crippen LogP contribution >= 0.6 is 0 Å². The maximum Gasteiger partial charge on any atom is 0.282 e. The molecule has 0 amide bonds. The number of nitrogens with two attached hydrogens (primary N) is 1. The van der Waals surface area contributed by atoms with Gasteiger partial charge < -0.3 is 5.11 Å². The van der Waals surface area contributed by atoms with E-state index >= 15 is 0 Å². The number of nitrogens with zero attached hydrogens (tertiary/aromatic N) is 2. The van der Waals surface area contributed by atoms with Crippen molar-refractivity contribution in [1.29, 1.82) is 0 Å². The SMILES string of the molecule is NS(=O)(=O)c1ccc(-c2c(-c3ccccc3)c(C(F)F)nn2-c2ccc(O)cc2)cc1. The lowest BCUT2D eigenvalue weighted by Crippen LogP contribution is -2.11. The van der Waals surface area contributed by atoms with Crippen LogP contribution in [0.4, 0.5) is 8.78 Å². The van der Waals surface area contributed by atoms with E-state index in [1.54, 1.807) is 42.5 Å². The van der Waals surface area contributed by atoms with Crippen LogP contribution < -0.4 is 5.14 Å². The summed E-state index contributed by atoms with van der Waals surface area (Å²) in [6.07, 6.45) is -2.85. The highest BCUT2D eigenvalue weighted by Crippen LogP contribution is 2.40. The van der Waals surface area contributed by atoms with Crippen LogP contribution in [0.1, 0.15) is 12.1 Å². The molecule has 9 heteroatoms. The van der Waals surface area contributed by atoms with Gasteiger partial charge in [-0.15, -0.1) is 0 Å². The van der Waals surface area contributed by atoms with Gasteiger partial charge in [-0.25, -0.2) is 27.0 Å². The first-order valence-corrected chi connectivity index (χ1v) is 10.7. The van der Waals surface area contributed by atoms with E-state index in [1.807, 2.05) is 0 Å². The molecule has 0 bridgehead atoms. The fourth-order valence-corrected chi connectivity index (χ4v) is 3.84. The van der Waals surface area contributed by atoms with Crippen molar-refractivity contribution in [2.75, 3.05) is 0 Å². The highest BCUT2D eigenvalue weighted by atomic mass is 32.2. The highest BCUT2D eigenvalue weighted by Gasteiger charge is 2.27. The quantitative estimate of drug-likeness (QED) is 0.477. The van der Waals surface area contributed by atoms with Gasteiger partial charge in [0.1, 0.15) is 11.4 Å². The Morgan fingerprint density at radius 1 is 0.871 bits per heavy atom. The Kier molecular flexibility index (Phi) is 5.30. The minimum Gasteiger partial charge on any atom is -0.508 e. The zero-order valence-corrected chi connectivity index (χ0v) is 16.8. The predicted molar refractivity (Wildman–Crippen MR) is 112 cm³/mol. The van der Waals surface area contributed by atoms with E-state index in [-0.39, 0.29) is 16.2 Å². The van der Waals surface area contributed by atoms with Crippen molar-refractivity contribution < 1.29 is 22.3 Å². The summed E-state index contributed by atoms with van der Waals surface area (Å²) in [5, 5.41) is 19.0. The first kappa shape index (κ1) is 20.7. The third kappa shape index (κ3) is 4.05. The van der Waals surface area contributed by atoms with Crippen molar-refractivity contribution in [2.24, 2.45) is 5.14 Å². The molecule has 0 fully saturated rings. The Bertz CT molecular complexity index is 1320. The number of aromatic hydroxyl groups is 1. The van der Waals surface area contributed by atoms with Gasteiger partial charge in [-0.05, 0) is 42.0 Å². The third-order valence-corrected chi connectivity index (χ3v) is 5.66. The molecule has 0 aliphatic carbocycles. The van der Waals surface area contributed by atoms with Crippen molar-refractivity contribution >= 4 is 10.0 Å². The van der Waals surface area contributed by atoms with Crippen molar-refractivity contribution in [3.63, 3.8) is 0 Å². The molecule has 3 N–H and O–H groups in total. The topological polar surface area (TPSA) is 98.2 Å². The largest absolute Gasteiger partial charge is 0.508 e. The monoisotopic (exact) mass is 441 g/mol. The van der Waals surface area contributed by atoms with E-state index in [0.717, 1.165) is 0 Å². The standard InChI is InChI=1S/C22H17F2N3O3S/c23-22(24)20-19(14-4-2-1-3-5-14)21(15-6-12-18(13-7-15)31(25,29)30)27(26-20)16-8-10-17(28)11-9-16/h1-13,22,28H,(H2,25,29,30). The van der Waals surface area contributed by atoms with E-state index in [4.69, 9.17) is 5.14 Å². The summed E-state index contributed by atoms with van der Waals surface area (Å²) in [4.78, 5) is -0.0951. The second-order valence-corrected chi connectivity index (χ2v) is 8.33. The molecule has 3 aromatic carbocycles. The zero-order chi connectivity index (χ0) is 22.2. The molecule has 6 nitrogen and oxygen atoms in total. The summed E-state index contributed by atoms with van der Waals surface area (Å²) < 4.78 is 52.6. The van der Waals surface area contributed by atoms with Crippen molar-refractivity contribution in [3.8, 4) is 33.8 Å². The molecular formula is C22H17F2N3O3S. The fraction of sp³-hybridized carbons (Fsp3) is 0.0455. The zero-order valence-electron chi connectivity index (χ0n) is 16.0. The molecule has 0 unspecified atom stereocenters. The number of hydrogen-bond acceptors (Lipinski definition) is 4. The first-order chi connectivity index (χ1) is 14.8. The van der Waals surface area contributed by atoms with Crippen LogP contribution in [0.2, 0.25) is 0 Å². The number of sulfonamides is 1. The molecule has 0 atom stereocenters. The van der Waals surface area contributed by atoms with Crippen LogP contribution in [0.5, 0.6) is 5.75 Å². The summed E-state index contributed by atoms with van der Waals surface area (Å²) >= 11 is 0. The van der Waals surface area contributed by atoms with Gasteiger partial charge in [0.25, 0.3) is 6.43 Å². The Morgan fingerprint density at radius 3 is 2.03 bits per heavy atom. The molecule has 0 aliphatic rings. The Hall–Kier alpha value is -3.56. The Balaban J connectivity index is 2.03. The van der Waals surface area contributed by atoms with Gasteiger partial charge >= 0.3 is 0 Å². The Morgan fingerprint density at radius 2 is 1.48 bits per heavy atom. The number of halogens is 2. The average molecular weight is 441 g/mol. The third-order valence-electron chi connectivity index (χ3n) is 4.73. The maximum atomic E-state index is 14.0. The van der Waals surface area contributed by atoms with Gasteiger partial charge in [0.05, 0.1) is 16.3 Å². The average Bonchev–Trinajstić information content (AvgIpc) is 3.15. The van der Waals surface area contributed by atoms with Crippen LogP contribution in [-0.2, 0) is 10.0 Å². The van der Waals surface area contributed by atoms with Crippen molar-refractivity contribution in [3.05, 3.63) is 84.6 Å². The summed E-state index contributed by atoms with van der Waals surface area (Å²) in [6.45, 7) is 0. The second-order valence-electron chi connectivity index (χ2n) is 6.77. The number of hydrogen-bond donors (Lipinski definition) is 2. The summed E-state index contributed by atoms with van der Waals surface area (Å²) in [7, 11) is -3.91. The van der Waals surface area contributed by atoms with E-state index in [2.05, 4.69) is 5.10 Å². The van der Waals surface area contributed by atoms with E-state index < -0.39 is 22.1 Å². The summed E-state index contributed by atoms with van der Waals surface area (Å²) in [5.74, 6) is 0.0207. The second kappa shape index (κ2) is 7.93. The lowest BCUT2D eigenvalue weighted by atomic mass is 9.98. The van der Waals surface area contributed by atoms with Crippen LogP contribution in [0.3, 0.4) is 0 Å². The molecule has 1 heterocycles. The number of rotatable bonds is 5. The van der Waals surface area contributed by atoms with Gasteiger partial charge in [-0.3, -0.25) is 0 Å². The molecule has 158 valence electrons. The molecule has 0 aliphatic heterocycles. The van der Waals surface area contributed by atoms with E-state index in [9.17, 15) is 22.3 Å². The molecular weight excluding hydrogens is 424 g/mol. The lowest BCUT2D eigenvalue weighted by molar-refractivity contribution is 0.146. The van der Waals surface area contributed by atoms with Gasteiger partial charge in [0.2, 0.25) is 10.0 Å². The summed E-state index contributed by atoms with van der Waals surface area (Å²) in [5.41, 5.74) is 1.63. The number of primary sulfonamides is 1. The molecule has 0 spiro atoms. The molecule has 0 saturated heterocycles. The van der Waals surface area contributed by atoms with E-state index in [0.29, 0.717) is 22.5 Å². The number of phenols is 1. The molecule has 4 rings (SSSR count). The Labute approximate surface area is 177 Å². The smallest absolute Gasteiger partial charge is 0.282 e. The molecule has 0 saturated carbocycles. The van der Waals surface area contributed by atoms with Crippen molar-refractivity contribution in [2.45, 2.75) is 11.3 Å². The molecule has 4 aromatic rings. The summed E-state index contributed by atoms with van der Waals surface area (Å²) in [6, 6.07) is 20.2. The van der Waals surface area contributed by atoms with Gasteiger partial charge in [0.15, 0.2) is 0 Å². The maximum absolute atomic E-state index is 14.0. The molecule has 0 radical (unpaired) electrons. The minimum atomic E-state index is -3.91. The van der Waals surface area contributed by atoms with Gasteiger partial charge in [-0.1, -0.05) is 42.5 Å². The minimum absolute atomic E-state index is 0.0207. The number of aromatic nitrogens is 2.